The summed E-state index contributed by atoms with van der Waals surface area (Å²) >= 11 is 1.25. The molecule has 1 saturated heterocycles. The van der Waals surface area contributed by atoms with Crippen molar-refractivity contribution in [3.63, 3.8) is 0 Å². The smallest absolute Gasteiger partial charge is 0.253 e. The minimum Gasteiger partial charge on any atom is -0.339 e. The van der Waals surface area contributed by atoms with Crippen molar-refractivity contribution in [2.45, 2.75) is 19.8 Å². The number of carbonyl (C=O) groups excluding carboxylic acids is 3. The van der Waals surface area contributed by atoms with Gasteiger partial charge in [-0.3, -0.25) is 14.4 Å². The summed E-state index contributed by atoms with van der Waals surface area (Å²) in [6.45, 7) is 3.61. The molecule has 0 radical (unpaired) electrons. The van der Waals surface area contributed by atoms with E-state index in [1.807, 2.05) is 36.1 Å². The number of thioether (sulfide) groups is 1. The van der Waals surface area contributed by atoms with Crippen LogP contribution in [0.5, 0.6) is 0 Å². The second-order valence-electron chi connectivity index (χ2n) is 7.03. The number of amides is 3. The zero-order chi connectivity index (χ0) is 20.6. The highest BCUT2D eigenvalue weighted by atomic mass is 32.2. The summed E-state index contributed by atoms with van der Waals surface area (Å²) in [7, 11) is 0. The van der Waals surface area contributed by atoms with Crippen LogP contribution in [0.2, 0.25) is 0 Å². The van der Waals surface area contributed by atoms with Crippen molar-refractivity contribution in [1.29, 1.82) is 0 Å². The lowest BCUT2D eigenvalue weighted by atomic mass is 10.2. The van der Waals surface area contributed by atoms with Gasteiger partial charge in [-0.15, -0.1) is 11.8 Å². The number of rotatable bonds is 7. The van der Waals surface area contributed by atoms with Crippen LogP contribution in [0.25, 0.3) is 0 Å². The number of nitrogens with zero attached hydrogens (tertiary/aromatic N) is 1. The normalized spacial score (nSPS) is 13.2. The molecule has 0 aliphatic carbocycles. The third-order valence-electron chi connectivity index (χ3n) is 4.61. The first-order valence-corrected chi connectivity index (χ1v) is 10.8. The van der Waals surface area contributed by atoms with Crippen LogP contribution in [0.4, 0.5) is 11.4 Å². The summed E-state index contributed by atoms with van der Waals surface area (Å²) in [4.78, 5) is 38.2. The molecule has 1 fully saturated rings. The lowest BCUT2D eigenvalue weighted by Crippen LogP contribution is -2.27. The summed E-state index contributed by atoms with van der Waals surface area (Å²) in [5, 5.41) is 5.60. The monoisotopic (exact) mass is 411 g/mol. The van der Waals surface area contributed by atoms with E-state index in [4.69, 9.17) is 0 Å². The largest absolute Gasteiger partial charge is 0.339 e. The maximum atomic E-state index is 12.3. The lowest BCUT2D eigenvalue weighted by molar-refractivity contribution is -0.114. The molecule has 7 heteroatoms. The van der Waals surface area contributed by atoms with Crippen LogP contribution < -0.4 is 10.6 Å². The Balaban J connectivity index is 1.39. The topological polar surface area (TPSA) is 78.5 Å². The van der Waals surface area contributed by atoms with Crippen LogP contribution in [-0.2, 0) is 9.59 Å². The molecule has 3 rings (SSSR count). The Bertz CT molecular complexity index is 860. The van der Waals surface area contributed by atoms with Crippen molar-refractivity contribution in [2.75, 3.05) is 35.2 Å². The minimum absolute atomic E-state index is 0.0375. The van der Waals surface area contributed by atoms with Crippen molar-refractivity contribution >= 4 is 40.9 Å². The predicted octanol–water partition coefficient (Wildman–Crippen LogP) is 3.54. The first-order valence-electron chi connectivity index (χ1n) is 9.65. The molecule has 6 nitrogen and oxygen atoms in total. The standard InChI is InChI=1S/C22H25N3O3S/c1-16-4-8-18(9-5-16)23-20(26)14-29-15-21(27)24-19-10-6-17(7-11-19)22(28)25-12-2-3-13-25/h4-11H,2-3,12-15H2,1H3,(H,23,26)(H,24,27). The van der Waals surface area contributed by atoms with Crippen LogP contribution in [0, 0.1) is 6.92 Å². The first kappa shape index (κ1) is 20.9. The van der Waals surface area contributed by atoms with E-state index in [9.17, 15) is 14.4 Å². The highest BCUT2D eigenvalue weighted by molar-refractivity contribution is 8.00. The third-order valence-corrected chi connectivity index (χ3v) is 5.54. The Morgan fingerprint density at radius 2 is 1.31 bits per heavy atom. The Hall–Kier alpha value is -2.80. The number of hydrogen-bond donors (Lipinski definition) is 2. The molecule has 0 atom stereocenters. The van der Waals surface area contributed by atoms with E-state index in [0.29, 0.717) is 11.3 Å². The van der Waals surface area contributed by atoms with Gasteiger partial charge in [-0.25, -0.2) is 0 Å². The molecule has 0 unspecified atom stereocenters. The van der Waals surface area contributed by atoms with E-state index < -0.39 is 0 Å². The molecule has 2 aromatic rings. The van der Waals surface area contributed by atoms with Crippen LogP contribution in [0.3, 0.4) is 0 Å². The Morgan fingerprint density at radius 1 is 0.828 bits per heavy atom. The van der Waals surface area contributed by atoms with Gasteiger partial charge in [0.15, 0.2) is 0 Å². The quantitative estimate of drug-likeness (QED) is 0.730. The molecule has 152 valence electrons. The van der Waals surface area contributed by atoms with Gasteiger partial charge in [-0.05, 0) is 56.2 Å². The van der Waals surface area contributed by atoms with E-state index >= 15 is 0 Å². The van der Waals surface area contributed by atoms with Gasteiger partial charge >= 0.3 is 0 Å². The second kappa shape index (κ2) is 10.1. The second-order valence-corrected chi connectivity index (χ2v) is 8.02. The van der Waals surface area contributed by atoms with Crippen molar-refractivity contribution in [3.8, 4) is 0 Å². The molecule has 0 bridgehead atoms. The van der Waals surface area contributed by atoms with Crippen molar-refractivity contribution < 1.29 is 14.4 Å². The number of likely N-dealkylation sites (tertiary alicyclic amines) is 1. The zero-order valence-electron chi connectivity index (χ0n) is 16.4. The van der Waals surface area contributed by atoms with Gasteiger partial charge in [0.05, 0.1) is 11.5 Å². The van der Waals surface area contributed by atoms with E-state index in [0.717, 1.165) is 37.2 Å². The molecule has 0 spiro atoms. The lowest BCUT2D eigenvalue weighted by Gasteiger charge is -2.15. The van der Waals surface area contributed by atoms with Gasteiger partial charge < -0.3 is 15.5 Å². The van der Waals surface area contributed by atoms with Gasteiger partial charge in [-0.1, -0.05) is 17.7 Å². The third kappa shape index (κ3) is 6.35. The molecule has 1 aliphatic rings. The summed E-state index contributed by atoms with van der Waals surface area (Å²) in [6.07, 6.45) is 2.11. The molecule has 1 aliphatic heterocycles. The maximum Gasteiger partial charge on any atom is 0.253 e. The molecular formula is C22H25N3O3S. The Kier molecular flexibility index (Phi) is 7.30. The van der Waals surface area contributed by atoms with Crippen LogP contribution in [0.15, 0.2) is 48.5 Å². The Labute approximate surface area is 175 Å². The highest BCUT2D eigenvalue weighted by Gasteiger charge is 2.19. The molecule has 0 saturated carbocycles. The number of benzene rings is 2. The fraction of sp³-hybridized carbons (Fsp3) is 0.318. The van der Waals surface area contributed by atoms with Crippen LogP contribution >= 0.6 is 11.8 Å². The van der Waals surface area contributed by atoms with Crippen LogP contribution in [0.1, 0.15) is 28.8 Å². The average Bonchev–Trinajstić information content (AvgIpc) is 3.25. The summed E-state index contributed by atoms with van der Waals surface area (Å²) < 4.78 is 0. The summed E-state index contributed by atoms with van der Waals surface area (Å²) in [5.41, 5.74) is 3.14. The van der Waals surface area contributed by atoms with E-state index in [1.54, 1.807) is 24.3 Å². The van der Waals surface area contributed by atoms with E-state index in [-0.39, 0.29) is 29.2 Å². The van der Waals surface area contributed by atoms with Gasteiger partial charge in [0.25, 0.3) is 5.91 Å². The average molecular weight is 412 g/mol. The molecule has 0 aromatic heterocycles. The fourth-order valence-corrected chi connectivity index (χ4v) is 3.68. The number of anilines is 2. The minimum atomic E-state index is -0.184. The molecule has 2 N–H and O–H groups in total. The van der Waals surface area contributed by atoms with Gasteiger partial charge in [-0.2, -0.15) is 0 Å². The zero-order valence-corrected chi connectivity index (χ0v) is 17.3. The summed E-state index contributed by atoms with van der Waals surface area (Å²) in [5.74, 6) is 0.0871. The number of hydrogen-bond acceptors (Lipinski definition) is 4. The number of nitrogens with one attached hydrogen (secondary N) is 2. The van der Waals surface area contributed by atoms with Crippen LogP contribution in [-0.4, -0.2) is 47.2 Å². The predicted molar refractivity (Wildman–Crippen MR) is 117 cm³/mol. The van der Waals surface area contributed by atoms with Gasteiger partial charge in [0, 0.05) is 30.0 Å². The fourth-order valence-electron chi connectivity index (χ4n) is 3.07. The van der Waals surface area contributed by atoms with Gasteiger partial charge in [0.1, 0.15) is 0 Å². The number of carbonyl (C=O) groups is 3. The van der Waals surface area contributed by atoms with Crippen molar-refractivity contribution in [2.24, 2.45) is 0 Å². The summed E-state index contributed by atoms with van der Waals surface area (Å²) in [6, 6.07) is 14.5. The SMILES string of the molecule is Cc1ccc(NC(=O)CSCC(=O)Nc2ccc(C(=O)N3CCCC3)cc2)cc1. The highest BCUT2D eigenvalue weighted by Crippen LogP contribution is 2.16. The Morgan fingerprint density at radius 3 is 1.83 bits per heavy atom. The number of aryl methyl sites for hydroxylation is 1. The van der Waals surface area contributed by atoms with Crippen molar-refractivity contribution in [1.82, 2.24) is 4.90 Å². The maximum absolute atomic E-state index is 12.3. The molecular weight excluding hydrogens is 386 g/mol. The molecule has 29 heavy (non-hydrogen) atoms. The van der Waals surface area contributed by atoms with E-state index in [2.05, 4.69) is 10.6 Å². The molecule has 1 heterocycles. The van der Waals surface area contributed by atoms with Gasteiger partial charge in [0.2, 0.25) is 11.8 Å². The first-order chi connectivity index (χ1) is 14.0. The van der Waals surface area contributed by atoms with E-state index in [1.165, 1.54) is 11.8 Å². The van der Waals surface area contributed by atoms with Crippen molar-refractivity contribution in [3.05, 3.63) is 59.7 Å². The molecule has 2 aromatic carbocycles. The molecule has 3 amide bonds.